The number of aryl methyl sites for hydroxylation is 2. The zero-order valence-corrected chi connectivity index (χ0v) is 13.4. The van der Waals surface area contributed by atoms with Gasteiger partial charge < -0.3 is 5.73 Å². The van der Waals surface area contributed by atoms with Gasteiger partial charge in [0.1, 0.15) is 0 Å². The molecule has 3 heteroatoms. The molecule has 0 bridgehead atoms. The van der Waals surface area contributed by atoms with E-state index in [1.807, 2.05) is 11.7 Å². The maximum absolute atomic E-state index is 6.48. The van der Waals surface area contributed by atoms with Gasteiger partial charge in [0, 0.05) is 25.2 Å². The number of hydrogen-bond acceptors (Lipinski definition) is 2. The summed E-state index contributed by atoms with van der Waals surface area (Å²) in [5.41, 5.74) is 8.96. The molecular formula is C17H31N3. The van der Waals surface area contributed by atoms with Crippen molar-refractivity contribution in [3.8, 4) is 0 Å². The Morgan fingerprint density at radius 3 is 2.55 bits per heavy atom. The maximum atomic E-state index is 6.48. The lowest BCUT2D eigenvalue weighted by Crippen LogP contribution is -2.35. The van der Waals surface area contributed by atoms with Gasteiger partial charge in [-0.3, -0.25) is 4.68 Å². The average Bonchev–Trinajstić information content (AvgIpc) is 2.80. The van der Waals surface area contributed by atoms with Crippen LogP contribution in [0.5, 0.6) is 0 Å². The Labute approximate surface area is 123 Å². The van der Waals surface area contributed by atoms with Crippen molar-refractivity contribution in [1.29, 1.82) is 0 Å². The van der Waals surface area contributed by atoms with Gasteiger partial charge >= 0.3 is 0 Å². The van der Waals surface area contributed by atoms with Gasteiger partial charge in [0.15, 0.2) is 0 Å². The topological polar surface area (TPSA) is 43.8 Å². The predicted octanol–water partition coefficient (Wildman–Crippen LogP) is 3.46. The van der Waals surface area contributed by atoms with E-state index in [0.717, 1.165) is 18.8 Å². The second-order valence-corrected chi connectivity index (χ2v) is 6.54. The van der Waals surface area contributed by atoms with Crippen LogP contribution in [0.4, 0.5) is 0 Å². The summed E-state index contributed by atoms with van der Waals surface area (Å²) in [5.74, 6) is 1.68. The molecule has 1 atom stereocenters. The molecule has 0 amide bonds. The van der Waals surface area contributed by atoms with Gasteiger partial charge in [-0.05, 0) is 37.2 Å². The van der Waals surface area contributed by atoms with Gasteiger partial charge in [0.25, 0.3) is 0 Å². The fourth-order valence-electron chi connectivity index (χ4n) is 3.66. The van der Waals surface area contributed by atoms with Crippen LogP contribution in [0, 0.1) is 11.8 Å². The Balaban J connectivity index is 1.86. The Morgan fingerprint density at radius 1 is 1.30 bits per heavy atom. The van der Waals surface area contributed by atoms with Crippen molar-refractivity contribution in [2.24, 2.45) is 24.6 Å². The van der Waals surface area contributed by atoms with E-state index in [9.17, 15) is 0 Å². The molecule has 0 radical (unpaired) electrons. The first kappa shape index (κ1) is 15.6. The van der Waals surface area contributed by atoms with E-state index < -0.39 is 0 Å². The summed E-state index contributed by atoms with van der Waals surface area (Å²) in [5, 5.41) is 4.52. The summed E-state index contributed by atoms with van der Waals surface area (Å²) in [4.78, 5) is 0. The summed E-state index contributed by atoms with van der Waals surface area (Å²) in [6, 6.07) is 2.53. The molecule has 1 aromatic rings. The van der Waals surface area contributed by atoms with Gasteiger partial charge in [-0.2, -0.15) is 5.10 Å². The average molecular weight is 277 g/mol. The number of aromatic nitrogens is 2. The molecule has 1 saturated carbocycles. The fourth-order valence-corrected chi connectivity index (χ4v) is 3.66. The summed E-state index contributed by atoms with van der Waals surface area (Å²) >= 11 is 0. The third-order valence-electron chi connectivity index (χ3n) is 5.03. The SMILES string of the molecule is CCCC1CCC(C(N)Cc2cc(CC)nn2C)CC1. The Hall–Kier alpha value is -0.830. The molecule has 114 valence electrons. The second-order valence-electron chi connectivity index (χ2n) is 6.54. The molecule has 1 aliphatic rings. The molecule has 0 aliphatic heterocycles. The van der Waals surface area contributed by atoms with Gasteiger partial charge in [-0.15, -0.1) is 0 Å². The smallest absolute Gasteiger partial charge is 0.0624 e. The first-order valence-corrected chi connectivity index (χ1v) is 8.41. The first-order chi connectivity index (χ1) is 9.63. The van der Waals surface area contributed by atoms with Crippen molar-refractivity contribution in [2.75, 3.05) is 0 Å². The molecule has 3 nitrogen and oxygen atoms in total. The van der Waals surface area contributed by atoms with Gasteiger partial charge in [0.2, 0.25) is 0 Å². The Morgan fingerprint density at radius 2 is 2.00 bits per heavy atom. The highest BCUT2D eigenvalue weighted by atomic mass is 15.3. The van der Waals surface area contributed by atoms with Crippen LogP contribution in [0.1, 0.15) is 63.8 Å². The van der Waals surface area contributed by atoms with E-state index in [1.54, 1.807) is 0 Å². The van der Waals surface area contributed by atoms with Crippen LogP contribution < -0.4 is 5.73 Å². The maximum Gasteiger partial charge on any atom is 0.0624 e. The molecule has 20 heavy (non-hydrogen) atoms. The lowest BCUT2D eigenvalue weighted by molar-refractivity contribution is 0.231. The third-order valence-corrected chi connectivity index (χ3v) is 5.03. The Kier molecular flexibility index (Phi) is 5.64. The molecular weight excluding hydrogens is 246 g/mol. The zero-order valence-electron chi connectivity index (χ0n) is 13.4. The van der Waals surface area contributed by atoms with Gasteiger partial charge in [-0.1, -0.05) is 39.5 Å². The molecule has 2 rings (SSSR count). The van der Waals surface area contributed by atoms with Crippen molar-refractivity contribution < 1.29 is 0 Å². The van der Waals surface area contributed by atoms with E-state index in [-0.39, 0.29) is 0 Å². The first-order valence-electron chi connectivity index (χ1n) is 8.41. The van der Waals surface area contributed by atoms with Crippen LogP contribution in [0.15, 0.2) is 6.07 Å². The number of hydrogen-bond donors (Lipinski definition) is 1. The fraction of sp³-hybridized carbons (Fsp3) is 0.824. The second kappa shape index (κ2) is 7.26. The van der Waals surface area contributed by atoms with Crippen LogP contribution in [-0.4, -0.2) is 15.8 Å². The summed E-state index contributed by atoms with van der Waals surface area (Å²) in [7, 11) is 2.04. The van der Waals surface area contributed by atoms with Gasteiger partial charge in [0.05, 0.1) is 5.69 Å². The molecule has 1 heterocycles. The minimum atomic E-state index is 0.303. The molecule has 0 aromatic carbocycles. The largest absolute Gasteiger partial charge is 0.327 e. The van der Waals surface area contributed by atoms with E-state index in [4.69, 9.17) is 5.73 Å². The highest BCUT2D eigenvalue weighted by molar-refractivity contribution is 5.11. The zero-order chi connectivity index (χ0) is 14.5. The minimum Gasteiger partial charge on any atom is -0.327 e. The standard InChI is InChI=1S/C17H31N3/c1-4-6-13-7-9-14(10-8-13)17(18)12-16-11-15(5-2)19-20(16)3/h11,13-14,17H,4-10,12,18H2,1-3H3. The van der Waals surface area contributed by atoms with E-state index >= 15 is 0 Å². The lowest BCUT2D eigenvalue weighted by Gasteiger charge is -2.32. The number of nitrogens with two attached hydrogens (primary N) is 1. The van der Waals surface area contributed by atoms with Crippen molar-refractivity contribution >= 4 is 0 Å². The predicted molar refractivity (Wildman–Crippen MR) is 84.6 cm³/mol. The van der Waals surface area contributed by atoms with Crippen LogP contribution in [-0.2, 0) is 19.9 Å². The third kappa shape index (κ3) is 3.85. The van der Waals surface area contributed by atoms with Crippen molar-refractivity contribution in [3.63, 3.8) is 0 Å². The van der Waals surface area contributed by atoms with Crippen molar-refractivity contribution in [1.82, 2.24) is 9.78 Å². The number of rotatable bonds is 6. The molecule has 1 aliphatic carbocycles. The van der Waals surface area contributed by atoms with Crippen LogP contribution in [0.2, 0.25) is 0 Å². The molecule has 1 unspecified atom stereocenters. The summed E-state index contributed by atoms with van der Waals surface area (Å²) < 4.78 is 2.02. The van der Waals surface area contributed by atoms with Crippen LogP contribution >= 0.6 is 0 Å². The molecule has 1 fully saturated rings. The minimum absolute atomic E-state index is 0.303. The summed E-state index contributed by atoms with van der Waals surface area (Å²) in [6.07, 6.45) is 10.1. The van der Waals surface area contributed by atoms with E-state index in [0.29, 0.717) is 12.0 Å². The van der Waals surface area contributed by atoms with E-state index in [2.05, 4.69) is 25.0 Å². The van der Waals surface area contributed by atoms with Crippen LogP contribution in [0.3, 0.4) is 0 Å². The highest BCUT2D eigenvalue weighted by Gasteiger charge is 2.25. The molecule has 2 N–H and O–H groups in total. The molecule has 0 saturated heterocycles. The summed E-state index contributed by atoms with van der Waals surface area (Å²) in [6.45, 7) is 4.45. The van der Waals surface area contributed by atoms with Crippen molar-refractivity contribution in [3.05, 3.63) is 17.5 Å². The highest BCUT2D eigenvalue weighted by Crippen LogP contribution is 2.33. The van der Waals surface area contributed by atoms with E-state index in [1.165, 1.54) is 49.9 Å². The monoisotopic (exact) mass is 277 g/mol. The van der Waals surface area contributed by atoms with Crippen molar-refractivity contribution in [2.45, 2.75) is 71.3 Å². The lowest BCUT2D eigenvalue weighted by atomic mass is 9.76. The quantitative estimate of drug-likeness (QED) is 0.865. The molecule has 0 spiro atoms. The normalized spacial score (nSPS) is 24.8. The van der Waals surface area contributed by atoms with Gasteiger partial charge in [-0.25, -0.2) is 0 Å². The molecule has 1 aromatic heterocycles. The van der Waals surface area contributed by atoms with Crippen LogP contribution in [0.25, 0.3) is 0 Å². The number of nitrogens with zero attached hydrogens (tertiary/aromatic N) is 2. The Bertz CT molecular complexity index is 402.